The van der Waals surface area contributed by atoms with Crippen LogP contribution >= 0.6 is 0 Å². The average molecular weight is 320 g/mol. The molecule has 0 spiro atoms. The molecule has 2 aromatic rings. The first-order valence-corrected chi connectivity index (χ1v) is 9.15. The van der Waals surface area contributed by atoms with Gasteiger partial charge in [0.05, 0.1) is 24.3 Å². The maximum Gasteiger partial charge on any atom is 0.151 e. The lowest BCUT2D eigenvalue weighted by molar-refractivity contribution is 0.179. The predicted molar refractivity (Wildman–Crippen MR) is 85.9 cm³/mol. The topological polar surface area (TPSA) is 76.5 Å². The van der Waals surface area contributed by atoms with E-state index in [0.717, 1.165) is 17.0 Å². The van der Waals surface area contributed by atoms with E-state index >= 15 is 0 Å². The number of nitrogens with zero attached hydrogens (tertiary/aromatic N) is 1. The van der Waals surface area contributed by atoms with E-state index in [1.165, 1.54) is 0 Å². The van der Waals surface area contributed by atoms with Gasteiger partial charge in [0.2, 0.25) is 0 Å². The third-order valence-electron chi connectivity index (χ3n) is 4.03. The van der Waals surface area contributed by atoms with Crippen molar-refractivity contribution in [3.05, 3.63) is 54.0 Å². The summed E-state index contributed by atoms with van der Waals surface area (Å²) in [6.07, 6.45) is 2.32. The summed E-state index contributed by atoms with van der Waals surface area (Å²) in [6.45, 7) is 1.29. The highest BCUT2D eigenvalue weighted by atomic mass is 32.2. The van der Waals surface area contributed by atoms with E-state index in [1.54, 1.807) is 6.26 Å². The van der Waals surface area contributed by atoms with Crippen LogP contribution in [0.3, 0.4) is 0 Å². The Bertz CT molecular complexity index is 708. The summed E-state index contributed by atoms with van der Waals surface area (Å²) >= 11 is 0. The summed E-state index contributed by atoms with van der Waals surface area (Å²) in [5, 5.41) is 0. The van der Waals surface area contributed by atoms with Crippen LogP contribution in [0, 0.1) is 0 Å². The van der Waals surface area contributed by atoms with Crippen molar-refractivity contribution in [1.29, 1.82) is 0 Å². The van der Waals surface area contributed by atoms with Crippen molar-refractivity contribution >= 4 is 15.5 Å². The number of anilines is 1. The van der Waals surface area contributed by atoms with E-state index in [4.69, 9.17) is 10.2 Å². The van der Waals surface area contributed by atoms with E-state index in [0.29, 0.717) is 19.5 Å². The fraction of sp³-hybridized carbons (Fsp3) is 0.375. The number of benzene rings is 1. The van der Waals surface area contributed by atoms with E-state index in [1.807, 2.05) is 36.4 Å². The largest absolute Gasteiger partial charge is 0.468 e. The molecule has 3 rings (SSSR count). The van der Waals surface area contributed by atoms with Crippen molar-refractivity contribution in [1.82, 2.24) is 4.90 Å². The number of rotatable bonds is 5. The quantitative estimate of drug-likeness (QED) is 0.853. The molecule has 5 nitrogen and oxygen atoms in total. The molecule has 1 aromatic carbocycles. The van der Waals surface area contributed by atoms with Gasteiger partial charge >= 0.3 is 0 Å². The Balaban J connectivity index is 1.78. The molecule has 2 heterocycles. The van der Waals surface area contributed by atoms with Gasteiger partial charge in [0.25, 0.3) is 0 Å². The summed E-state index contributed by atoms with van der Waals surface area (Å²) in [7, 11) is -2.91. The molecule has 1 fully saturated rings. The van der Waals surface area contributed by atoms with Gasteiger partial charge in [0, 0.05) is 18.3 Å². The molecule has 1 saturated heterocycles. The van der Waals surface area contributed by atoms with Crippen molar-refractivity contribution in [3.63, 3.8) is 0 Å². The number of nitrogens with two attached hydrogens (primary N) is 1. The zero-order valence-corrected chi connectivity index (χ0v) is 13.1. The standard InChI is InChI=1S/C16H20N2O3S/c17-14-5-3-13(4-6-14)10-18(11-16-2-1-8-21-16)15-7-9-22(19,20)12-15/h1-6,8,15H,7,9-12,17H2/t15-/m0/s1. The smallest absolute Gasteiger partial charge is 0.151 e. The van der Waals surface area contributed by atoms with Crippen LogP contribution in [-0.2, 0) is 22.9 Å². The second kappa shape index (κ2) is 6.14. The van der Waals surface area contributed by atoms with Crippen LogP contribution in [0.15, 0.2) is 47.1 Å². The zero-order valence-electron chi connectivity index (χ0n) is 12.3. The molecule has 118 valence electrons. The van der Waals surface area contributed by atoms with Gasteiger partial charge in [-0.05, 0) is 36.2 Å². The van der Waals surface area contributed by atoms with Gasteiger partial charge in [0.1, 0.15) is 5.76 Å². The first-order chi connectivity index (χ1) is 10.5. The minimum atomic E-state index is -2.91. The summed E-state index contributed by atoms with van der Waals surface area (Å²) < 4.78 is 29.0. The number of hydrogen-bond acceptors (Lipinski definition) is 5. The molecule has 6 heteroatoms. The van der Waals surface area contributed by atoms with E-state index < -0.39 is 9.84 Å². The fourth-order valence-electron chi connectivity index (χ4n) is 2.84. The number of sulfone groups is 1. The SMILES string of the molecule is Nc1ccc(CN(Cc2ccco2)[C@H]2CCS(=O)(=O)C2)cc1. The van der Waals surface area contributed by atoms with Gasteiger partial charge in [-0.25, -0.2) is 8.42 Å². The number of furan rings is 1. The van der Waals surface area contributed by atoms with Crippen LogP contribution < -0.4 is 5.73 Å². The molecule has 1 aliphatic heterocycles. The van der Waals surface area contributed by atoms with Gasteiger partial charge in [0.15, 0.2) is 9.84 Å². The number of hydrogen-bond donors (Lipinski definition) is 1. The molecule has 0 bridgehead atoms. The molecule has 1 aromatic heterocycles. The molecular formula is C16H20N2O3S. The van der Waals surface area contributed by atoms with E-state index in [9.17, 15) is 8.42 Å². The third-order valence-corrected chi connectivity index (χ3v) is 5.78. The van der Waals surface area contributed by atoms with Gasteiger partial charge in [-0.2, -0.15) is 0 Å². The zero-order chi connectivity index (χ0) is 15.6. The van der Waals surface area contributed by atoms with Crippen LogP contribution in [0.1, 0.15) is 17.7 Å². The molecule has 2 N–H and O–H groups in total. The van der Waals surface area contributed by atoms with Crippen molar-refractivity contribution in [2.45, 2.75) is 25.6 Å². The van der Waals surface area contributed by atoms with Crippen LogP contribution in [0.2, 0.25) is 0 Å². The first kappa shape index (κ1) is 15.1. The second-order valence-corrected chi connectivity index (χ2v) is 8.01. The Labute approximate surface area is 130 Å². The Kier molecular flexibility index (Phi) is 4.22. The maximum absolute atomic E-state index is 11.8. The molecule has 0 unspecified atom stereocenters. The minimum absolute atomic E-state index is 0.0349. The second-order valence-electron chi connectivity index (χ2n) is 5.78. The Morgan fingerprint density at radius 1 is 1.18 bits per heavy atom. The maximum atomic E-state index is 11.8. The van der Waals surface area contributed by atoms with Gasteiger partial charge in [-0.1, -0.05) is 12.1 Å². The lowest BCUT2D eigenvalue weighted by atomic mass is 10.1. The van der Waals surface area contributed by atoms with Crippen molar-refractivity contribution in [2.24, 2.45) is 0 Å². The van der Waals surface area contributed by atoms with E-state index in [-0.39, 0.29) is 17.5 Å². The van der Waals surface area contributed by atoms with E-state index in [2.05, 4.69) is 4.90 Å². The van der Waals surface area contributed by atoms with Gasteiger partial charge in [-0.15, -0.1) is 0 Å². The Morgan fingerprint density at radius 2 is 1.95 bits per heavy atom. The van der Waals surface area contributed by atoms with Crippen LogP contribution in [-0.4, -0.2) is 30.9 Å². The summed E-state index contributed by atoms with van der Waals surface area (Å²) in [5.41, 5.74) is 7.56. The highest BCUT2D eigenvalue weighted by molar-refractivity contribution is 7.91. The molecular weight excluding hydrogens is 300 g/mol. The predicted octanol–water partition coefficient (Wildman–Crippen LogP) is 2.05. The molecule has 0 aliphatic carbocycles. The summed E-state index contributed by atoms with van der Waals surface area (Å²) in [5.74, 6) is 1.34. The summed E-state index contributed by atoms with van der Waals surface area (Å²) in [4.78, 5) is 2.18. The monoisotopic (exact) mass is 320 g/mol. The third kappa shape index (κ3) is 3.69. The fourth-order valence-corrected chi connectivity index (χ4v) is 4.60. The lowest BCUT2D eigenvalue weighted by Gasteiger charge is -2.27. The highest BCUT2D eigenvalue weighted by Gasteiger charge is 2.32. The Morgan fingerprint density at radius 3 is 2.55 bits per heavy atom. The lowest BCUT2D eigenvalue weighted by Crippen LogP contribution is -2.35. The number of nitrogen functional groups attached to an aromatic ring is 1. The van der Waals surface area contributed by atoms with Crippen LogP contribution in [0.25, 0.3) is 0 Å². The normalized spacial score (nSPS) is 20.5. The Hall–Kier alpha value is -1.79. The van der Waals surface area contributed by atoms with Crippen molar-refractivity contribution in [3.8, 4) is 0 Å². The highest BCUT2D eigenvalue weighted by Crippen LogP contribution is 2.22. The molecule has 22 heavy (non-hydrogen) atoms. The van der Waals surface area contributed by atoms with Crippen LogP contribution in [0.4, 0.5) is 5.69 Å². The van der Waals surface area contributed by atoms with Crippen molar-refractivity contribution < 1.29 is 12.8 Å². The van der Waals surface area contributed by atoms with Crippen molar-refractivity contribution in [2.75, 3.05) is 17.2 Å². The summed E-state index contributed by atoms with van der Waals surface area (Å²) in [6, 6.07) is 11.5. The molecule has 0 radical (unpaired) electrons. The van der Waals surface area contributed by atoms with Gasteiger partial charge in [-0.3, -0.25) is 4.90 Å². The molecule has 1 atom stereocenters. The first-order valence-electron chi connectivity index (χ1n) is 7.33. The molecule has 0 saturated carbocycles. The average Bonchev–Trinajstić information content (AvgIpc) is 3.10. The van der Waals surface area contributed by atoms with Crippen LogP contribution in [0.5, 0.6) is 0 Å². The molecule has 1 aliphatic rings. The molecule has 0 amide bonds. The van der Waals surface area contributed by atoms with Gasteiger partial charge < -0.3 is 10.2 Å². The minimum Gasteiger partial charge on any atom is -0.468 e.